The third-order valence-electron chi connectivity index (χ3n) is 5.40. The molecule has 0 radical (unpaired) electrons. The number of oxazole rings is 1. The Morgan fingerprint density at radius 1 is 1.32 bits per heavy atom. The number of aryl methyl sites for hydroxylation is 1. The first-order valence-corrected chi connectivity index (χ1v) is 9.44. The van der Waals surface area contributed by atoms with Gasteiger partial charge in [-0.15, -0.1) is 0 Å². The Morgan fingerprint density at radius 2 is 2.21 bits per heavy atom. The van der Waals surface area contributed by atoms with E-state index in [1.54, 1.807) is 31.3 Å². The molecule has 1 aliphatic rings. The van der Waals surface area contributed by atoms with Gasteiger partial charge in [0.15, 0.2) is 11.5 Å². The van der Waals surface area contributed by atoms with Crippen molar-refractivity contribution in [1.29, 1.82) is 0 Å². The summed E-state index contributed by atoms with van der Waals surface area (Å²) >= 11 is 0. The highest BCUT2D eigenvalue weighted by Crippen LogP contribution is 2.32. The standard InChI is InChI=1S/C21H21N5O2/c1-12-23-15-6-5-13(9-19(15)28-12)21(27)25-20-10-16-14(11-22-20)8-17(24-16)18-4-3-7-26(18)2/h5-6,8-11,18,24H,3-4,7H2,1-2H3,(H,22,25,27)/t18-/m1/s1. The molecule has 0 saturated carbocycles. The number of carbonyl (C=O) groups is 1. The molecule has 0 aliphatic carbocycles. The van der Waals surface area contributed by atoms with Gasteiger partial charge in [-0.05, 0) is 50.7 Å². The van der Waals surface area contributed by atoms with E-state index in [1.807, 2.05) is 6.07 Å². The average molecular weight is 375 g/mol. The van der Waals surface area contributed by atoms with Crippen molar-refractivity contribution in [1.82, 2.24) is 19.9 Å². The summed E-state index contributed by atoms with van der Waals surface area (Å²) in [5, 5.41) is 3.91. The Hall–Kier alpha value is -3.19. The molecule has 1 aromatic carbocycles. The van der Waals surface area contributed by atoms with E-state index in [0.717, 1.165) is 29.4 Å². The van der Waals surface area contributed by atoms with Crippen molar-refractivity contribution in [3.63, 3.8) is 0 Å². The molecule has 0 spiro atoms. The summed E-state index contributed by atoms with van der Waals surface area (Å²) in [5.41, 5.74) is 4.02. The van der Waals surface area contributed by atoms with Crippen LogP contribution in [0.1, 0.15) is 40.8 Å². The zero-order valence-corrected chi connectivity index (χ0v) is 15.8. The number of hydrogen-bond acceptors (Lipinski definition) is 5. The summed E-state index contributed by atoms with van der Waals surface area (Å²) in [4.78, 5) is 27.1. The Bertz CT molecular complexity index is 1190. The molecule has 142 valence electrons. The maximum Gasteiger partial charge on any atom is 0.256 e. The summed E-state index contributed by atoms with van der Waals surface area (Å²) in [5.74, 6) is 0.861. The Morgan fingerprint density at radius 3 is 3.04 bits per heavy atom. The van der Waals surface area contributed by atoms with Gasteiger partial charge in [-0.3, -0.25) is 9.69 Å². The van der Waals surface area contributed by atoms with E-state index in [0.29, 0.717) is 28.9 Å². The van der Waals surface area contributed by atoms with Crippen LogP contribution in [0.4, 0.5) is 5.82 Å². The predicted molar refractivity (Wildman–Crippen MR) is 107 cm³/mol. The molecule has 5 rings (SSSR count). The number of likely N-dealkylation sites (tertiary alicyclic amines) is 1. The molecule has 4 aromatic rings. The molecule has 1 aliphatic heterocycles. The van der Waals surface area contributed by atoms with Crippen LogP contribution in [0.15, 0.2) is 40.9 Å². The van der Waals surface area contributed by atoms with Gasteiger partial charge in [-0.1, -0.05) is 0 Å². The zero-order chi connectivity index (χ0) is 19.3. The Balaban J connectivity index is 1.39. The molecule has 7 heteroatoms. The normalized spacial score (nSPS) is 17.6. The molecule has 2 N–H and O–H groups in total. The highest BCUT2D eigenvalue weighted by atomic mass is 16.3. The van der Waals surface area contributed by atoms with Crippen molar-refractivity contribution in [3.05, 3.63) is 53.7 Å². The molecule has 0 unspecified atom stereocenters. The maximum absolute atomic E-state index is 12.6. The van der Waals surface area contributed by atoms with E-state index >= 15 is 0 Å². The zero-order valence-electron chi connectivity index (χ0n) is 15.8. The molecule has 1 fully saturated rings. The minimum Gasteiger partial charge on any atom is -0.441 e. The van der Waals surface area contributed by atoms with Gasteiger partial charge >= 0.3 is 0 Å². The lowest BCUT2D eigenvalue weighted by Crippen LogP contribution is -2.17. The largest absolute Gasteiger partial charge is 0.441 e. The first-order chi connectivity index (χ1) is 13.6. The van der Waals surface area contributed by atoms with Crippen LogP contribution in [0.25, 0.3) is 22.0 Å². The number of pyridine rings is 1. The van der Waals surface area contributed by atoms with Crippen LogP contribution in [-0.4, -0.2) is 39.4 Å². The van der Waals surface area contributed by atoms with Crippen molar-refractivity contribution in [2.45, 2.75) is 25.8 Å². The lowest BCUT2D eigenvalue weighted by molar-refractivity contribution is 0.102. The van der Waals surface area contributed by atoms with Crippen LogP contribution in [0.3, 0.4) is 0 Å². The van der Waals surface area contributed by atoms with Crippen LogP contribution in [0.2, 0.25) is 0 Å². The van der Waals surface area contributed by atoms with Crippen molar-refractivity contribution in [2.75, 3.05) is 18.9 Å². The highest BCUT2D eigenvalue weighted by Gasteiger charge is 2.24. The molecule has 3 aromatic heterocycles. The molecule has 1 amide bonds. The Labute approximate surface area is 161 Å². The van der Waals surface area contributed by atoms with Crippen LogP contribution in [-0.2, 0) is 0 Å². The fraction of sp³-hybridized carbons (Fsp3) is 0.286. The van der Waals surface area contributed by atoms with Crippen LogP contribution in [0, 0.1) is 6.92 Å². The molecular formula is C21H21N5O2. The summed E-state index contributed by atoms with van der Waals surface area (Å²) < 4.78 is 5.51. The second kappa shape index (κ2) is 6.45. The molecule has 4 heterocycles. The minimum absolute atomic E-state index is 0.231. The fourth-order valence-corrected chi connectivity index (χ4v) is 3.97. The van der Waals surface area contributed by atoms with E-state index in [1.165, 1.54) is 12.1 Å². The first kappa shape index (κ1) is 16.9. The van der Waals surface area contributed by atoms with Crippen LogP contribution >= 0.6 is 0 Å². The topological polar surface area (TPSA) is 87.0 Å². The number of rotatable bonds is 3. The monoisotopic (exact) mass is 375 g/mol. The Kier molecular flexibility index (Phi) is 3.91. The summed E-state index contributed by atoms with van der Waals surface area (Å²) in [6.07, 6.45) is 4.16. The molecule has 28 heavy (non-hydrogen) atoms. The smallest absolute Gasteiger partial charge is 0.256 e. The van der Waals surface area contributed by atoms with Gasteiger partial charge in [0.2, 0.25) is 0 Å². The molecule has 1 saturated heterocycles. The van der Waals surface area contributed by atoms with Gasteiger partial charge in [0.25, 0.3) is 5.91 Å². The second-order valence-corrected chi connectivity index (χ2v) is 7.39. The van der Waals surface area contributed by atoms with E-state index in [-0.39, 0.29) is 5.91 Å². The predicted octanol–water partition coefficient (Wildman–Crippen LogP) is 4.03. The number of anilines is 1. The van der Waals surface area contributed by atoms with Crippen molar-refractivity contribution < 1.29 is 9.21 Å². The summed E-state index contributed by atoms with van der Waals surface area (Å²) in [6, 6.07) is 9.67. The molecule has 7 nitrogen and oxygen atoms in total. The van der Waals surface area contributed by atoms with Crippen molar-refractivity contribution >= 4 is 33.7 Å². The minimum atomic E-state index is -0.231. The third kappa shape index (κ3) is 2.93. The number of H-pyrrole nitrogens is 1. The van der Waals surface area contributed by atoms with Crippen LogP contribution < -0.4 is 5.32 Å². The van der Waals surface area contributed by atoms with E-state index in [9.17, 15) is 4.79 Å². The number of carbonyl (C=O) groups excluding carboxylic acids is 1. The summed E-state index contributed by atoms with van der Waals surface area (Å²) in [7, 11) is 2.15. The number of nitrogens with zero attached hydrogens (tertiary/aromatic N) is 3. The molecule has 0 bridgehead atoms. The van der Waals surface area contributed by atoms with Crippen molar-refractivity contribution in [3.8, 4) is 0 Å². The van der Waals surface area contributed by atoms with Gasteiger partial charge < -0.3 is 14.7 Å². The van der Waals surface area contributed by atoms with E-state index < -0.39 is 0 Å². The van der Waals surface area contributed by atoms with Gasteiger partial charge in [0.05, 0.1) is 5.52 Å². The number of fused-ring (bicyclic) bond motifs is 2. The number of benzene rings is 1. The van der Waals surface area contributed by atoms with E-state index in [2.05, 4.69) is 38.3 Å². The molecule has 1 atom stereocenters. The number of amides is 1. The number of aromatic nitrogens is 3. The summed E-state index contributed by atoms with van der Waals surface area (Å²) in [6.45, 7) is 2.90. The third-order valence-corrected chi connectivity index (χ3v) is 5.40. The average Bonchev–Trinajstić information content (AvgIpc) is 3.37. The van der Waals surface area contributed by atoms with Gasteiger partial charge in [0, 0.05) is 41.9 Å². The fourth-order valence-electron chi connectivity index (χ4n) is 3.97. The van der Waals surface area contributed by atoms with E-state index in [4.69, 9.17) is 4.42 Å². The highest BCUT2D eigenvalue weighted by molar-refractivity contribution is 6.05. The second-order valence-electron chi connectivity index (χ2n) is 7.39. The van der Waals surface area contributed by atoms with Gasteiger partial charge in [-0.25, -0.2) is 9.97 Å². The lowest BCUT2D eigenvalue weighted by Gasteiger charge is -2.17. The van der Waals surface area contributed by atoms with Gasteiger partial charge in [-0.2, -0.15) is 0 Å². The number of nitrogens with one attached hydrogen (secondary N) is 2. The first-order valence-electron chi connectivity index (χ1n) is 9.44. The lowest BCUT2D eigenvalue weighted by atomic mass is 10.1. The van der Waals surface area contributed by atoms with Crippen LogP contribution in [0.5, 0.6) is 0 Å². The maximum atomic E-state index is 12.6. The SMILES string of the molecule is Cc1nc2ccc(C(=O)Nc3cc4[nH]c([C@H]5CCCN5C)cc4cn3)cc2o1. The number of hydrogen-bond donors (Lipinski definition) is 2. The number of aromatic amines is 1. The molecular weight excluding hydrogens is 354 g/mol. The van der Waals surface area contributed by atoms with Crippen molar-refractivity contribution in [2.24, 2.45) is 0 Å². The van der Waals surface area contributed by atoms with Gasteiger partial charge in [0.1, 0.15) is 11.3 Å². The quantitative estimate of drug-likeness (QED) is 0.564.